The molecule has 0 aliphatic rings. The number of ether oxygens (including phenoxy) is 1. The van der Waals surface area contributed by atoms with Crippen molar-refractivity contribution in [1.82, 2.24) is 4.98 Å². The van der Waals surface area contributed by atoms with Crippen LogP contribution >= 0.6 is 0 Å². The van der Waals surface area contributed by atoms with Gasteiger partial charge in [-0.15, -0.1) is 0 Å². The van der Waals surface area contributed by atoms with Crippen LogP contribution in [0.5, 0.6) is 5.88 Å². The average Bonchev–Trinajstić information content (AvgIpc) is 2.00. The molecule has 0 saturated carbocycles. The highest BCUT2D eigenvalue weighted by atomic mass is 19.3. The van der Waals surface area contributed by atoms with Gasteiger partial charge in [0.1, 0.15) is 0 Å². The van der Waals surface area contributed by atoms with Crippen molar-refractivity contribution in [2.24, 2.45) is 0 Å². The Balaban J connectivity index is 2.55. The Morgan fingerprint density at radius 3 is 2.85 bits per heavy atom. The lowest BCUT2D eigenvalue weighted by Gasteiger charge is -2.10. The van der Waals surface area contributed by atoms with E-state index in [0.717, 1.165) is 6.92 Å². The van der Waals surface area contributed by atoms with E-state index in [0.29, 0.717) is 5.69 Å². The van der Waals surface area contributed by atoms with E-state index in [1.54, 1.807) is 6.07 Å². The predicted molar refractivity (Wildman–Crippen MR) is 44.8 cm³/mol. The molecule has 0 unspecified atom stereocenters. The molecule has 0 bridgehead atoms. The summed E-state index contributed by atoms with van der Waals surface area (Å²) in [6, 6.07) is 2.95. The molecule has 72 valence electrons. The maximum Gasteiger partial charge on any atom is 0.278 e. The third-order valence-corrected chi connectivity index (χ3v) is 1.23. The zero-order valence-corrected chi connectivity index (χ0v) is 7.13. The van der Waals surface area contributed by atoms with E-state index in [2.05, 4.69) is 4.98 Å². The van der Waals surface area contributed by atoms with Crippen LogP contribution in [-0.2, 0) is 0 Å². The van der Waals surface area contributed by atoms with Crippen molar-refractivity contribution in [3.63, 3.8) is 0 Å². The molecular formula is C8H10F2N2O. The number of nitrogens with zero attached hydrogens (tertiary/aromatic N) is 1. The number of nitrogen functional groups attached to an aromatic ring is 1. The second kappa shape index (κ2) is 3.55. The Hall–Kier alpha value is -1.39. The van der Waals surface area contributed by atoms with Crippen LogP contribution in [0, 0.1) is 0 Å². The third kappa shape index (κ3) is 3.68. The van der Waals surface area contributed by atoms with Gasteiger partial charge in [0, 0.05) is 24.9 Å². The van der Waals surface area contributed by atoms with Gasteiger partial charge in [0.15, 0.2) is 6.61 Å². The van der Waals surface area contributed by atoms with E-state index in [1.807, 2.05) is 0 Å². The number of pyridine rings is 1. The van der Waals surface area contributed by atoms with E-state index in [9.17, 15) is 8.78 Å². The van der Waals surface area contributed by atoms with Crippen LogP contribution in [0.4, 0.5) is 14.5 Å². The summed E-state index contributed by atoms with van der Waals surface area (Å²) in [5.41, 5.74) is 5.83. The highest BCUT2D eigenvalue weighted by Gasteiger charge is 2.22. The van der Waals surface area contributed by atoms with Crippen LogP contribution in [0.1, 0.15) is 6.92 Å². The molecule has 2 N–H and O–H groups in total. The molecule has 5 heteroatoms. The minimum atomic E-state index is -2.85. The van der Waals surface area contributed by atoms with Gasteiger partial charge in [-0.25, -0.2) is 13.8 Å². The van der Waals surface area contributed by atoms with E-state index in [4.69, 9.17) is 10.5 Å². The molecule has 0 aliphatic carbocycles. The van der Waals surface area contributed by atoms with Gasteiger partial charge < -0.3 is 10.5 Å². The van der Waals surface area contributed by atoms with Gasteiger partial charge in [0.25, 0.3) is 5.92 Å². The monoisotopic (exact) mass is 188 g/mol. The summed E-state index contributed by atoms with van der Waals surface area (Å²) in [4.78, 5) is 3.71. The minimum absolute atomic E-state index is 0.113. The van der Waals surface area contributed by atoms with Crippen LogP contribution < -0.4 is 10.5 Å². The van der Waals surface area contributed by atoms with Crippen molar-refractivity contribution in [1.29, 1.82) is 0 Å². The van der Waals surface area contributed by atoms with Crippen molar-refractivity contribution in [3.05, 3.63) is 18.3 Å². The van der Waals surface area contributed by atoms with Crippen molar-refractivity contribution < 1.29 is 13.5 Å². The number of nitrogens with two attached hydrogens (primary N) is 1. The van der Waals surface area contributed by atoms with Crippen LogP contribution in [0.25, 0.3) is 0 Å². The zero-order chi connectivity index (χ0) is 9.90. The first-order chi connectivity index (χ1) is 5.97. The summed E-state index contributed by atoms with van der Waals surface area (Å²) in [6.07, 6.45) is 1.40. The summed E-state index contributed by atoms with van der Waals surface area (Å²) < 4.78 is 29.4. The molecule has 0 fully saturated rings. The van der Waals surface area contributed by atoms with Gasteiger partial charge in [0.05, 0.1) is 0 Å². The second-order valence-electron chi connectivity index (χ2n) is 2.79. The van der Waals surface area contributed by atoms with Crippen LogP contribution in [0.3, 0.4) is 0 Å². The number of rotatable bonds is 3. The highest BCUT2D eigenvalue weighted by Crippen LogP contribution is 2.15. The first kappa shape index (κ1) is 9.70. The Morgan fingerprint density at radius 2 is 2.31 bits per heavy atom. The molecule has 1 rings (SSSR count). The van der Waals surface area contributed by atoms with Gasteiger partial charge in [-0.2, -0.15) is 0 Å². The van der Waals surface area contributed by atoms with Crippen molar-refractivity contribution >= 4 is 5.69 Å². The SMILES string of the molecule is CC(F)(F)COc1cc(N)ccn1. The first-order valence-electron chi connectivity index (χ1n) is 3.69. The fourth-order valence-corrected chi connectivity index (χ4v) is 0.704. The third-order valence-electron chi connectivity index (χ3n) is 1.23. The molecule has 0 aliphatic heterocycles. The van der Waals surface area contributed by atoms with E-state index in [-0.39, 0.29) is 5.88 Å². The van der Waals surface area contributed by atoms with Gasteiger partial charge in [0.2, 0.25) is 5.88 Å². The molecule has 0 saturated heterocycles. The number of hydrogen-bond acceptors (Lipinski definition) is 3. The maximum atomic E-state index is 12.3. The van der Waals surface area contributed by atoms with Crippen molar-refractivity contribution in [3.8, 4) is 5.88 Å². The quantitative estimate of drug-likeness (QED) is 0.785. The molecule has 0 aromatic carbocycles. The van der Waals surface area contributed by atoms with Crippen LogP contribution in [0.2, 0.25) is 0 Å². The summed E-state index contributed by atoms with van der Waals surface area (Å²) in [5, 5.41) is 0. The molecule has 1 aromatic heterocycles. The van der Waals surface area contributed by atoms with Gasteiger partial charge in [-0.1, -0.05) is 0 Å². The van der Waals surface area contributed by atoms with Gasteiger partial charge >= 0.3 is 0 Å². The molecule has 0 spiro atoms. The van der Waals surface area contributed by atoms with Gasteiger partial charge in [-0.05, 0) is 6.07 Å². The van der Waals surface area contributed by atoms with Gasteiger partial charge in [-0.3, -0.25) is 0 Å². The summed E-state index contributed by atoms with van der Waals surface area (Å²) in [5.74, 6) is -2.74. The van der Waals surface area contributed by atoms with Crippen molar-refractivity contribution in [2.75, 3.05) is 12.3 Å². The molecule has 1 heterocycles. The molecule has 1 aromatic rings. The largest absolute Gasteiger partial charge is 0.471 e. The number of anilines is 1. The molecule has 13 heavy (non-hydrogen) atoms. The lowest BCUT2D eigenvalue weighted by atomic mass is 10.4. The number of alkyl halides is 2. The predicted octanol–water partition coefficient (Wildman–Crippen LogP) is 1.70. The maximum absolute atomic E-state index is 12.3. The Labute approximate surface area is 74.5 Å². The van der Waals surface area contributed by atoms with Crippen LogP contribution in [-0.4, -0.2) is 17.5 Å². The molecular weight excluding hydrogens is 178 g/mol. The zero-order valence-electron chi connectivity index (χ0n) is 7.13. The second-order valence-corrected chi connectivity index (χ2v) is 2.79. The minimum Gasteiger partial charge on any atom is -0.471 e. The normalized spacial score (nSPS) is 11.3. The van der Waals surface area contributed by atoms with Crippen LogP contribution in [0.15, 0.2) is 18.3 Å². The number of aromatic nitrogens is 1. The Bertz CT molecular complexity index is 286. The average molecular weight is 188 g/mol. The molecule has 0 amide bonds. The summed E-state index contributed by atoms with van der Waals surface area (Å²) in [6.45, 7) is 0.0861. The molecule has 0 radical (unpaired) electrons. The smallest absolute Gasteiger partial charge is 0.278 e. The fraction of sp³-hybridized carbons (Fsp3) is 0.375. The summed E-state index contributed by atoms with van der Waals surface area (Å²) >= 11 is 0. The van der Waals surface area contributed by atoms with E-state index in [1.165, 1.54) is 12.3 Å². The lowest BCUT2D eigenvalue weighted by molar-refractivity contribution is -0.0242. The Kier molecular flexibility index (Phi) is 2.65. The Morgan fingerprint density at radius 1 is 1.62 bits per heavy atom. The standard InChI is InChI=1S/C8H10F2N2O/c1-8(9,10)5-13-7-4-6(11)2-3-12-7/h2-4H,5H2,1H3,(H2,11,12). The van der Waals surface area contributed by atoms with E-state index < -0.39 is 12.5 Å². The first-order valence-corrected chi connectivity index (χ1v) is 3.69. The highest BCUT2D eigenvalue weighted by molar-refractivity contribution is 5.39. The topological polar surface area (TPSA) is 48.1 Å². The fourth-order valence-electron chi connectivity index (χ4n) is 0.704. The summed E-state index contributed by atoms with van der Waals surface area (Å²) in [7, 11) is 0. The number of halogens is 2. The number of hydrogen-bond donors (Lipinski definition) is 1. The lowest BCUT2D eigenvalue weighted by Crippen LogP contribution is -2.21. The van der Waals surface area contributed by atoms with E-state index >= 15 is 0 Å². The van der Waals surface area contributed by atoms with Crippen molar-refractivity contribution in [2.45, 2.75) is 12.8 Å². The molecule has 3 nitrogen and oxygen atoms in total. The molecule has 0 atom stereocenters.